The lowest BCUT2D eigenvalue weighted by Gasteiger charge is -2.21. The number of hydrogen-bond donors (Lipinski definition) is 1. The Labute approximate surface area is 151 Å². The van der Waals surface area contributed by atoms with Crippen molar-refractivity contribution < 1.29 is 9.59 Å². The summed E-state index contributed by atoms with van der Waals surface area (Å²) in [4.78, 5) is 25.5. The zero-order chi connectivity index (χ0) is 17.7. The van der Waals surface area contributed by atoms with Gasteiger partial charge in [0.1, 0.15) is 6.54 Å². The molecule has 2 aromatic carbocycles. The van der Waals surface area contributed by atoms with Gasteiger partial charge in [-0.05, 0) is 48.4 Å². The summed E-state index contributed by atoms with van der Waals surface area (Å²) in [7, 11) is 0. The Morgan fingerprint density at radius 2 is 1.67 bits per heavy atom. The largest absolute Gasteiger partial charge is 0.329 e. The number of halogens is 2. The van der Waals surface area contributed by atoms with Gasteiger partial charge >= 0.3 is 0 Å². The van der Waals surface area contributed by atoms with Crippen LogP contribution in [0.1, 0.15) is 18.1 Å². The molecule has 0 aromatic heterocycles. The maximum Gasteiger partial charge on any atom is 0.244 e. The Bertz CT molecular complexity index is 745. The third-order valence-corrected chi connectivity index (χ3v) is 4.02. The van der Waals surface area contributed by atoms with E-state index in [9.17, 15) is 9.59 Å². The van der Waals surface area contributed by atoms with Crippen LogP contribution in [0.5, 0.6) is 0 Å². The van der Waals surface area contributed by atoms with Gasteiger partial charge in [-0.15, -0.1) is 0 Å². The molecule has 0 atom stereocenters. The highest BCUT2D eigenvalue weighted by Gasteiger charge is 2.15. The van der Waals surface area contributed by atoms with Crippen molar-refractivity contribution in [3.05, 3.63) is 63.6 Å². The number of amides is 2. The van der Waals surface area contributed by atoms with Crippen molar-refractivity contribution in [1.29, 1.82) is 0 Å². The topological polar surface area (TPSA) is 49.4 Å². The zero-order valence-corrected chi connectivity index (χ0v) is 15.0. The number of aryl methyl sites for hydroxylation is 1. The van der Waals surface area contributed by atoms with Crippen LogP contribution < -0.4 is 5.32 Å². The quantitative estimate of drug-likeness (QED) is 0.859. The first-order valence-corrected chi connectivity index (χ1v) is 8.16. The molecule has 0 spiro atoms. The van der Waals surface area contributed by atoms with Gasteiger partial charge in [-0.1, -0.05) is 35.3 Å². The Morgan fingerprint density at radius 1 is 1.04 bits per heavy atom. The summed E-state index contributed by atoms with van der Waals surface area (Å²) in [5.41, 5.74) is 2.45. The molecule has 0 radical (unpaired) electrons. The average molecular weight is 365 g/mol. The number of benzene rings is 2. The molecular weight excluding hydrogens is 347 g/mol. The molecule has 0 saturated carbocycles. The first-order valence-electron chi connectivity index (χ1n) is 7.41. The van der Waals surface area contributed by atoms with Crippen molar-refractivity contribution in [2.45, 2.75) is 20.4 Å². The van der Waals surface area contributed by atoms with Crippen LogP contribution in [0.4, 0.5) is 5.69 Å². The average Bonchev–Trinajstić information content (AvgIpc) is 2.51. The zero-order valence-electron chi connectivity index (χ0n) is 13.5. The molecule has 0 aliphatic heterocycles. The highest BCUT2D eigenvalue weighted by Crippen LogP contribution is 2.19. The molecule has 0 aliphatic carbocycles. The van der Waals surface area contributed by atoms with Gasteiger partial charge in [0.15, 0.2) is 0 Å². The van der Waals surface area contributed by atoms with Crippen molar-refractivity contribution in [2.24, 2.45) is 0 Å². The fraction of sp³-hybridized carbons (Fsp3) is 0.222. The van der Waals surface area contributed by atoms with Crippen molar-refractivity contribution in [3.8, 4) is 0 Å². The van der Waals surface area contributed by atoms with E-state index in [1.165, 1.54) is 11.8 Å². The van der Waals surface area contributed by atoms with Gasteiger partial charge in [0.05, 0.1) is 0 Å². The lowest BCUT2D eigenvalue weighted by Crippen LogP contribution is -2.36. The van der Waals surface area contributed by atoms with Gasteiger partial charge < -0.3 is 10.2 Å². The molecule has 1 N–H and O–H groups in total. The van der Waals surface area contributed by atoms with Crippen molar-refractivity contribution in [2.75, 3.05) is 11.9 Å². The first-order chi connectivity index (χ1) is 11.3. The van der Waals surface area contributed by atoms with E-state index in [0.29, 0.717) is 22.3 Å². The fourth-order valence-electron chi connectivity index (χ4n) is 2.22. The molecule has 126 valence electrons. The summed E-state index contributed by atoms with van der Waals surface area (Å²) in [5.74, 6) is -0.433. The van der Waals surface area contributed by atoms with E-state index in [-0.39, 0.29) is 18.4 Å². The van der Waals surface area contributed by atoms with Crippen LogP contribution in [0, 0.1) is 6.92 Å². The molecular formula is C18H18Cl2N2O2. The van der Waals surface area contributed by atoms with Gasteiger partial charge in [-0.2, -0.15) is 0 Å². The maximum atomic E-state index is 12.2. The van der Waals surface area contributed by atoms with Crippen LogP contribution in [-0.4, -0.2) is 23.3 Å². The number of carbonyl (C=O) groups is 2. The van der Waals surface area contributed by atoms with Crippen LogP contribution in [0.3, 0.4) is 0 Å². The summed E-state index contributed by atoms with van der Waals surface area (Å²) in [5, 5.41) is 4.04. The van der Waals surface area contributed by atoms with Crippen molar-refractivity contribution >= 4 is 40.7 Å². The summed E-state index contributed by atoms with van der Waals surface area (Å²) in [6.45, 7) is 3.62. The Morgan fingerprint density at radius 3 is 2.25 bits per heavy atom. The molecule has 0 heterocycles. The van der Waals surface area contributed by atoms with E-state index in [4.69, 9.17) is 23.2 Å². The molecule has 0 aliphatic rings. The van der Waals surface area contributed by atoms with E-state index in [1.807, 2.05) is 19.1 Å². The summed E-state index contributed by atoms with van der Waals surface area (Å²) in [6.07, 6.45) is 0. The van der Waals surface area contributed by atoms with Crippen LogP contribution in [0.2, 0.25) is 10.0 Å². The van der Waals surface area contributed by atoms with Crippen LogP contribution >= 0.6 is 23.2 Å². The molecule has 0 saturated heterocycles. The Balaban J connectivity index is 2.02. The predicted molar refractivity (Wildman–Crippen MR) is 97.4 cm³/mol. The third kappa shape index (κ3) is 5.25. The highest BCUT2D eigenvalue weighted by atomic mass is 35.5. The minimum atomic E-state index is -0.260. The van der Waals surface area contributed by atoms with E-state index >= 15 is 0 Å². The van der Waals surface area contributed by atoms with Gasteiger partial charge in [0, 0.05) is 29.2 Å². The van der Waals surface area contributed by atoms with Crippen molar-refractivity contribution in [3.63, 3.8) is 0 Å². The van der Waals surface area contributed by atoms with Gasteiger partial charge in [0.25, 0.3) is 0 Å². The monoisotopic (exact) mass is 364 g/mol. The molecule has 0 fully saturated rings. The Hall–Kier alpha value is -2.04. The molecule has 4 nitrogen and oxygen atoms in total. The molecule has 2 rings (SSSR count). The second kappa shape index (κ2) is 8.18. The maximum absolute atomic E-state index is 12.2. The van der Waals surface area contributed by atoms with Crippen LogP contribution in [0.25, 0.3) is 0 Å². The summed E-state index contributed by atoms with van der Waals surface area (Å²) >= 11 is 11.8. The summed E-state index contributed by atoms with van der Waals surface area (Å²) in [6, 6.07) is 12.4. The molecule has 0 unspecified atom stereocenters. The third-order valence-electron chi connectivity index (χ3n) is 3.53. The van der Waals surface area contributed by atoms with Gasteiger partial charge in [0.2, 0.25) is 11.8 Å². The van der Waals surface area contributed by atoms with Crippen molar-refractivity contribution in [1.82, 2.24) is 4.90 Å². The minimum Gasteiger partial charge on any atom is -0.329 e. The normalized spacial score (nSPS) is 10.3. The lowest BCUT2D eigenvalue weighted by molar-refractivity contribution is -0.133. The summed E-state index contributed by atoms with van der Waals surface area (Å²) < 4.78 is 0. The fourth-order valence-corrected chi connectivity index (χ4v) is 2.57. The number of nitrogens with one attached hydrogen (secondary N) is 1. The molecule has 6 heteroatoms. The molecule has 0 bridgehead atoms. The number of hydrogen-bond acceptors (Lipinski definition) is 2. The van der Waals surface area contributed by atoms with E-state index < -0.39 is 0 Å². The SMILES string of the molecule is CC(=O)N(CC(=O)Nc1ccc(Cl)cc1C)Cc1ccc(Cl)cc1. The van der Waals surface area contributed by atoms with Gasteiger partial charge in [-0.3, -0.25) is 9.59 Å². The lowest BCUT2D eigenvalue weighted by atomic mass is 10.2. The number of carbonyl (C=O) groups excluding carboxylic acids is 2. The van der Waals surface area contributed by atoms with E-state index in [0.717, 1.165) is 11.1 Å². The van der Waals surface area contributed by atoms with Crippen LogP contribution in [-0.2, 0) is 16.1 Å². The highest BCUT2D eigenvalue weighted by molar-refractivity contribution is 6.31. The smallest absolute Gasteiger partial charge is 0.244 e. The molecule has 24 heavy (non-hydrogen) atoms. The predicted octanol–water partition coefficient (Wildman–Crippen LogP) is 4.29. The van der Waals surface area contributed by atoms with Gasteiger partial charge in [-0.25, -0.2) is 0 Å². The standard InChI is InChI=1S/C18H18Cl2N2O2/c1-12-9-16(20)7-8-17(12)21-18(24)11-22(13(2)23)10-14-3-5-15(19)6-4-14/h3-9H,10-11H2,1-2H3,(H,21,24). The van der Waals surface area contributed by atoms with E-state index in [1.54, 1.807) is 30.3 Å². The second-order valence-electron chi connectivity index (χ2n) is 5.51. The number of rotatable bonds is 5. The second-order valence-corrected chi connectivity index (χ2v) is 6.38. The minimum absolute atomic E-state index is 0.0278. The van der Waals surface area contributed by atoms with Crippen LogP contribution in [0.15, 0.2) is 42.5 Å². The molecule has 2 aromatic rings. The van der Waals surface area contributed by atoms with E-state index in [2.05, 4.69) is 5.32 Å². The Kier molecular flexibility index (Phi) is 6.23. The number of anilines is 1. The number of nitrogens with zero attached hydrogens (tertiary/aromatic N) is 1. The first kappa shape index (κ1) is 18.3. The molecule has 2 amide bonds.